The van der Waals surface area contributed by atoms with Gasteiger partial charge in [-0.2, -0.15) is 0 Å². The first kappa shape index (κ1) is 16.7. The first-order valence-electron chi connectivity index (χ1n) is 6.54. The summed E-state index contributed by atoms with van der Waals surface area (Å²) in [4.78, 5) is 36.6. The van der Waals surface area contributed by atoms with E-state index in [0.717, 1.165) is 0 Å². The number of esters is 1. The van der Waals surface area contributed by atoms with Gasteiger partial charge in [0.2, 0.25) is 0 Å². The summed E-state index contributed by atoms with van der Waals surface area (Å²) in [6, 6.07) is 2.22. The largest absolute Gasteiger partial charge is 0.459 e. The first-order valence-corrected chi connectivity index (χ1v) is 6.54. The lowest BCUT2D eigenvalue weighted by molar-refractivity contribution is -0.153. The van der Waals surface area contributed by atoms with Crippen molar-refractivity contribution in [3.05, 3.63) is 24.2 Å². The summed E-state index contributed by atoms with van der Waals surface area (Å²) in [5.74, 6) is -1.57. The van der Waals surface area contributed by atoms with Crippen LogP contribution in [-0.2, 0) is 14.3 Å². The van der Waals surface area contributed by atoms with Crippen LogP contribution in [-0.4, -0.2) is 49.4 Å². The molecule has 1 rings (SSSR count). The maximum absolute atomic E-state index is 12.0. The minimum atomic E-state index is -0.849. The fraction of sp³-hybridized carbons (Fsp3) is 0.500. The van der Waals surface area contributed by atoms with E-state index < -0.39 is 17.9 Å². The summed E-state index contributed by atoms with van der Waals surface area (Å²) in [5.41, 5.74) is 0. The molecule has 1 atom stereocenters. The number of likely N-dealkylation sites (N-methyl/N-ethyl adjacent to an activating group) is 1. The highest BCUT2D eigenvalue weighted by atomic mass is 16.5. The molecule has 0 saturated heterocycles. The molecule has 21 heavy (non-hydrogen) atoms. The molecule has 0 radical (unpaired) electrons. The van der Waals surface area contributed by atoms with E-state index in [-0.39, 0.29) is 24.2 Å². The van der Waals surface area contributed by atoms with Crippen LogP contribution >= 0.6 is 0 Å². The molecule has 0 saturated carbocycles. The van der Waals surface area contributed by atoms with Crippen molar-refractivity contribution < 1.29 is 23.5 Å². The molecular weight excluding hydrogens is 276 g/mol. The van der Waals surface area contributed by atoms with Gasteiger partial charge in [-0.3, -0.25) is 9.59 Å². The van der Waals surface area contributed by atoms with Gasteiger partial charge in [0.25, 0.3) is 11.8 Å². The zero-order valence-electron chi connectivity index (χ0n) is 12.6. The average molecular weight is 296 g/mol. The minimum Gasteiger partial charge on any atom is -0.459 e. The lowest BCUT2D eigenvalue weighted by Gasteiger charge is -2.20. The van der Waals surface area contributed by atoms with Gasteiger partial charge in [-0.25, -0.2) is 4.79 Å². The van der Waals surface area contributed by atoms with Crippen LogP contribution in [0.5, 0.6) is 0 Å². The summed E-state index contributed by atoms with van der Waals surface area (Å²) in [6.07, 6.45) is 1.37. The highest BCUT2D eigenvalue weighted by molar-refractivity contribution is 5.94. The molecule has 7 heteroatoms. The van der Waals surface area contributed by atoms with Gasteiger partial charge in [-0.05, 0) is 18.1 Å². The van der Waals surface area contributed by atoms with Gasteiger partial charge in [0, 0.05) is 14.1 Å². The normalized spacial score (nSPS) is 11.9. The molecule has 0 fully saturated rings. The highest BCUT2D eigenvalue weighted by Gasteiger charge is 2.27. The van der Waals surface area contributed by atoms with E-state index in [0.29, 0.717) is 0 Å². The number of nitrogens with one attached hydrogen (secondary N) is 1. The fourth-order valence-electron chi connectivity index (χ4n) is 1.47. The predicted molar refractivity (Wildman–Crippen MR) is 74.5 cm³/mol. The van der Waals surface area contributed by atoms with E-state index in [1.54, 1.807) is 34.0 Å². The SMILES string of the molecule is CC(C)[C@H](NC(=O)c1ccco1)C(=O)OCC(=O)N(C)C. The van der Waals surface area contributed by atoms with Gasteiger partial charge in [0.1, 0.15) is 6.04 Å². The second-order valence-corrected chi connectivity index (χ2v) is 5.07. The van der Waals surface area contributed by atoms with Crippen molar-refractivity contribution in [2.45, 2.75) is 19.9 Å². The number of hydrogen-bond donors (Lipinski definition) is 1. The number of furan rings is 1. The van der Waals surface area contributed by atoms with Gasteiger partial charge < -0.3 is 19.4 Å². The Morgan fingerprint density at radius 1 is 1.33 bits per heavy atom. The number of nitrogens with zero attached hydrogens (tertiary/aromatic N) is 1. The van der Waals surface area contributed by atoms with E-state index in [9.17, 15) is 14.4 Å². The van der Waals surface area contributed by atoms with Crippen LogP contribution in [0.4, 0.5) is 0 Å². The molecule has 1 aromatic rings. The monoisotopic (exact) mass is 296 g/mol. The summed E-state index contributed by atoms with van der Waals surface area (Å²) in [6.45, 7) is 3.18. The summed E-state index contributed by atoms with van der Waals surface area (Å²) in [7, 11) is 3.13. The van der Waals surface area contributed by atoms with Gasteiger partial charge in [0.05, 0.1) is 6.26 Å². The Morgan fingerprint density at radius 3 is 2.48 bits per heavy atom. The summed E-state index contributed by atoms with van der Waals surface area (Å²) < 4.78 is 9.89. The topological polar surface area (TPSA) is 88.9 Å². The van der Waals surface area contributed by atoms with Crippen LogP contribution in [0.3, 0.4) is 0 Å². The Labute approximate surface area is 123 Å². The Morgan fingerprint density at radius 2 is 2.00 bits per heavy atom. The van der Waals surface area contributed by atoms with Crippen molar-refractivity contribution in [3.63, 3.8) is 0 Å². The highest BCUT2D eigenvalue weighted by Crippen LogP contribution is 2.07. The van der Waals surface area contributed by atoms with Crippen molar-refractivity contribution in [2.24, 2.45) is 5.92 Å². The Bertz CT molecular complexity index is 493. The third kappa shape index (κ3) is 4.94. The second kappa shape index (κ2) is 7.47. The van der Waals surface area contributed by atoms with Gasteiger partial charge in [-0.1, -0.05) is 13.8 Å². The average Bonchev–Trinajstić information content (AvgIpc) is 2.94. The van der Waals surface area contributed by atoms with Crippen LogP contribution in [0.25, 0.3) is 0 Å². The Hall–Kier alpha value is -2.31. The molecular formula is C14H20N2O5. The van der Waals surface area contributed by atoms with Crippen LogP contribution in [0.1, 0.15) is 24.4 Å². The van der Waals surface area contributed by atoms with Gasteiger partial charge in [-0.15, -0.1) is 0 Å². The number of amides is 2. The minimum absolute atomic E-state index is 0.109. The maximum Gasteiger partial charge on any atom is 0.329 e. The van der Waals surface area contributed by atoms with E-state index in [2.05, 4.69) is 5.32 Å². The molecule has 0 aromatic carbocycles. The Balaban J connectivity index is 2.62. The molecule has 0 bridgehead atoms. The molecule has 0 unspecified atom stereocenters. The van der Waals surface area contributed by atoms with Crippen LogP contribution < -0.4 is 5.32 Å². The number of hydrogen-bond acceptors (Lipinski definition) is 5. The molecule has 2 amide bonds. The van der Waals surface area contributed by atoms with Crippen molar-refractivity contribution in [2.75, 3.05) is 20.7 Å². The van der Waals surface area contributed by atoms with E-state index >= 15 is 0 Å². The second-order valence-electron chi connectivity index (χ2n) is 5.07. The lowest BCUT2D eigenvalue weighted by atomic mass is 10.0. The van der Waals surface area contributed by atoms with E-state index in [1.165, 1.54) is 17.2 Å². The van der Waals surface area contributed by atoms with Crippen molar-refractivity contribution in [3.8, 4) is 0 Å². The molecule has 0 spiro atoms. The molecule has 1 aromatic heterocycles. The summed E-state index contributed by atoms with van der Waals surface area (Å²) >= 11 is 0. The fourth-order valence-corrected chi connectivity index (χ4v) is 1.47. The molecule has 0 aliphatic carbocycles. The molecule has 7 nitrogen and oxygen atoms in total. The smallest absolute Gasteiger partial charge is 0.329 e. The molecule has 0 aliphatic heterocycles. The first-order chi connectivity index (χ1) is 9.82. The zero-order chi connectivity index (χ0) is 16.0. The standard InChI is InChI=1S/C14H20N2O5/c1-9(2)12(14(19)21-8-11(17)16(3)4)15-13(18)10-6-5-7-20-10/h5-7,9,12H,8H2,1-4H3,(H,15,18)/t12-/m0/s1. The van der Waals surface area contributed by atoms with Gasteiger partial charge in [0.15, 0.2) is 12.4 Å². The zero-order valence-corrected chi connectivity index (χ0v) is 12.6. The Kier molecular flexibility index (Phi) is 5.95. The van der Waals surface area contributed by atoms with Crippen molar-refractivity contribution in [1.82, 2.24) is 10.2 Å². The summed E-state index contributed by atoms with van der Waals surface area (Å²) in [5, 5.41) is 2.54. The van der Waals surface area contributed by atoms with Gasteiger partial charge >= 0.3 is 5.97 Å². The third-order valence-corrected chi connectivity index (χ3v) is 2.79. The molecule has 0 aliphatic rings. The van der Waals surface area contributed by atoms with Crippen molar-refractivity contribution >= 4 is 17.8 Å². The van der Waals surface area contributed by atoms with E-state index in [1.807, 2.05) is 0 Å². The van der Waals surface area contributed by atoms with Crippen molar-refractivity contribution in [1.29, 1.82) is 0 Å². The lowest BCUT2D eigenvalue weighted by Crippen LogP contribution is -2.46. The third-order valence-electron chi connectivity index (χ3n) is 2.79. The van der Waals surface area contributed by atoms with Crippen LogP contribution in [0, 0.1) is 5.92 Å². The number of carbonyl (C=O) groups excluding carboxylic acids is 3. The predicted octanol–water partition coefficient (Wildman–Crippen LogP) is 0.665. The number of carbonyl (C=O) groups is 3. The van der Waals surface area contributed by atoms with E-state index in [4.69, 9.17) is 9.15 Å². The molecule has 1 heterocycles. The molecule has 116 valence electrons. The van der Waals surface area contributed by atoms with Crippen LogP contribution in [0.2, 0.25) is 0 Å². The maximum atomic E-state index is 12.0. The van der Waals surface area contributed by atoms with Crippen LogP contribution in [0.15, 0.2) is 22.8 Å². The number of ether oxygens (including phenoxy) is 1. The number of rotatable bonds is 6. The molecule has 1 N–H and O–H groups in total. The quantitative estimate of drug-likeness (QED) is 0.779.